The Morgan fingerprint density at radius 3 is 2.17 bits per heavy atom. The van der Waals surface area contributed by atoms with Crippen molar-refractivity contribution in [2.75, 3.05) is 35.5 Å². The minimum absolute atomic E-state index is 0.107. The third-order valence-electron chi connectivity index (χ3n) is 6.44. The number of benzene rings is 1. The predicted octanol–water partition coefficient (Wildman–Crippen LogP) is 3.15. The molecule has 0 aliphatic rings. The molecule has 0 spiro atoms. The van der Waals surface area contributed by atoms with Gasteiger partial charge in [0.2, 0.25) is 11.8 Å². The summed E-state index contributed by atoms with van der Waals surface area (Å²) < 4.78 is 57.0. The highest BCUT2D eigenvalue weighted by Crippen LogP contribution is 2.37. The molecule has 0 radical (unpaired) electrons. The van der Waals surface area contributed by atoms with Gasteiger partial charge in [-0.05, 0) is 32.0 Å². The van der Waals surface area contributed by atoms with Crippen LogP contribution in [0.5, 0.6) is 23.3 Å². The third-order valence-corrected chi connectivity index (χ3v) is 8.49. The molecule has 4 aromatic rings. The number of hydrogen-bond donors (Lipinski definition) is 0. The van der Waals surface area contributed by atoms with Crippen LogP contribution in [0, 0.1) is 6.92 Å². The van der Waals surface area contributed by atoms with Crippen molar-refractivity contribution in [1.82, 2.24) is 29.7 Å². The lowest BCUT2D eigenvalue weighted by Crippen LogP contribution is -2.30. The van der Waals surface area contributed by atoms with E-state index in [1.54, 1.807) is 54.8 Å². The van der Waals surface area contributed by atoms with Gasteiger partial charge in [0, 0.05) is 19.4 Å². The number of rotatable bonds is 12. The third kappa shape index (κ3) is 5.93. The van der Waals surface area contributed by atoms with Crippen molar-refractivity contribution in [3.05, 3.63) is 59.8 Å². The van der Waals surface area contributed by atoms with Crippen molar-refractivity contribution in [2.24, 2.45) is 0 Å². The molecule has 41 heavy (non-hydrogen) atoms. The van der Waals surface area contributed by atoms with E-state index in [0.29, 0.717) is 34.5 Å². The fraction of sp³-hybridized carbons (Fsp3) is 0.370. The standard InChI is InChI=1S/C27H32N6O7S/c1-16-14-28-23(27(29-16)40-7)25(39-6)17(2)41(34,35)15-21-31-32-26(18-10-8-13-22(30-18)38-5)33(21)24-19(36-3)11-9-12-20(24)37-4/h8-14,17,25H,15H2,1-7H3/t17-,25-/m0/s1. The summed E-state index contributed by atoms with van der Waals surface area (Å²) in [6, 6.07) is 10.4. The van der Waals surface area contributed by atoms with Crippen LogP contribution in [-0.2, 0) is 20.3 Å². The van der Waals surface area contributed by atoms with E-state index in [-0.39, 0.29) is 23.2 Å². The average Bonchev–Trinajstić information content (AvgIpc) is 3.39. The van der Waals surface area contributed by atoms with Gasteiger partial charge < -0.3 is 23.7 Å². The van der Waals surface area contributed by atoms with Crippen molar-refractivity contribution >= 4 is 9.84 Å². The molecule has 0 amide bonds. The summed E-state index contributed by atoms with van der Waals surface area (Å²) >= 11 is 0. The van der Waals surface area contributed by atoms with Crippen LogP contribution in [-0.4, -0.2) is 78.9 Å². The highest BCUT2D eigenvalue weighted by molar-refractivity contribution is 7.91. The van der Waals surface area contributed by atoms with Gasteiger partial charge in [0.25, 0.3) is 0 Å². The van der Waals surface area contributed by atoms with Crippen molar-refractivity contribution in [2.45, 2.75) is 31.0 Å². The molecule has 3 heterocycles. The summed E-state index contributed by atoms with van der Waals surface area (Å²) in [7, 11) is 3.40. The first-order chi connectivity index (χ1) is 19.7. The fourth-order valence-corrected chi connectivity index (χ4v) is 5.78. The van der Waals surface area contributed by atoms with Gasteiger partial charge in [-0.2, -0.15) is 0 Å². The van der Waals surface area contributed by atoms with E-state index in [1.807, 2.05) is 0 Å². The molecule has 4 rings (SSSR count). The monoisotopic (exact) mass is 584 g/mol. The number of methoxy groups -OCH3 is 5. The molecule has 0 saturated heterocycles. The predicted molar refractivity (Wildman–Crippen MR) is 149 cm³/mol. The molecule has 0 saturated carbocycles. The van der Waals surface area contributed by atoms with Gasteiger partial charge in [-0.25, -0.2) is 18.4 Å². The van der Waals surface area contributed by atoms with Crippen molar-refractivity contribution in [3.8, 4) is 40.5 Å². The summed E-state index contributed by atoms with van der Waals surface area (Å²) in [5.41, 5.74) is 1.70. The van der Waals surface area contributed by atoms with Crippen LogP contribution < -0.4 is 18.9 Å². The number of aryl methyl sites for hydroxylation is 1. The van der Waals surface area contributed by atoms with E-state index in [2.05, 4.69) is 25.1 Å². The zero-order valence-corrected chi connectivity index (χ0v) is 24.7. The van der Waals surface area contributed by atoms with E-state index in [0.717, 1.165) is 0 Å². The Labute approximate surface area is 238 Å². The number of hydrogen-bond acceptors (Lipinski definition) is 12. The van der Waals surface area contributed by atoms with Gasteiger partial charge in [-0.1, -0.05) is 12.1 Å². The van der Waals surface area contributed by atoms with Crippen molar-refractivity contribution < 1.29 is 32.1 Å². The van der Waals surface area contributed by atoms with Crippen LogP contribution in [0.25, 0.3) is 17.2 Å². The maximum Gasteiger partial charge on any atom is 0.238 e. The average molecular weight is 585 g/mol. The Kier molecular flexibility index (Phi) is 9.03. The first-order valence-electron chi connectivity index (χ1n) is 12.5. The molecule has 0 bridgehead atoms. The summed E-state index contributed by atoms with van der Waals surface area (Å²) in [6.45, 7) is 3.30. The van der Waals surface area contributed by atoms with Gasteiger partial charge in [-0.3, -0.25) is 9.55 Å². The molecule has 13 nitrogen and oxygen atoms in total. The van der Waals surface area contributed by atoms with Gasteiger partial charge >= 0.3 is 0 Å². The second kappa shape index (κ2) is 12.5. The Balaban J connectivity index is 1.86. The molecule has 0 unspecified atom stereocenters. The molecule has 0 aliphatic carbocycles. The fourth-order valence-electron chi connectivity index (χ4n) is 4.35. The lowest BCUT2D eigenvalue weighted by atomic mass is 10.2. The van der Waals surface area contributed by atoms with Gasteiger partial charge in [0.05, 0.1) is 39.4 Å². The Bertz CT molecular complexity index is 1600. The van der Waals surface area contributed by atoms with E-state index in [1.165, 1.54) is 41.7 Å². The Hall–Kier alpha value is -4.30. The number of sulfone groups is 1. The van der Waals surface area contributed by atoms with Crippen LogP contribution in [0.1, 0.15) is 30.2 Å². The number of para-hydroxylation sites is 1. The molecule has 218 valence electrons. The van der Waals surface area contributed by atoms with Crippen LogP contribution in [0.15, 0.2) is 42.6 Å². The highest BCUT2D eigenvalue weighted by atomic mass is 32.2. The topological polar surface area (TPSA) is 150 Å². The van der Waals surface area contributed by atoms with Gasteiger partial charge in [-0.15, -0.1) is 10.2 Å². The van der Waals surface area contributed by atoms with E-state index in [4.69, 9.17) is 23.7 Å². The van der Waals surface area contributed by atoms with Crippen LogP contribution in [0.2, 0.25) is 0 Å². The number of nitrogens with zero attached hydrogens (tertiary/aromatic N) is 6. The minimum atomic E-state index is -3.96. The minimum Gasteiger partial charge on any atom is -0.494 e. The smallest absolute Gasteiger partial charge is 0.238 e. The summed E-state index contributed by atoms with van der Waals surface area (Å²) in [5, 5.41) is 7.56. The zero-order valence-electron chi connectivity index (χ0n) is 23.9. The molecular weight excluding hydrogens is 552 g/mol. The molecule has 0 fully saturated rings. The van der Waals surface area contributed by atoms with E-state index in [9.17, 15) is 8.42 Å². The summed E-state index contributed by atoms with van der Waals surface area (Å²) in [6.07, 6.45) is 0.557. The zero-order chi connectivity index (χ0) is 29.7. The molecule has 2 atom stereocenters. The normalized spacial score (nSPS) is 13.0. The highest BCUT2D eigenvalue weighted by Gasteiger charge is 2.36. The van der Waals surface area contributed by atoms with Crippen LogP contribution in [0.4, 0.5) is 0 Å². The van der Waals surface area contributed by atoms with Gasteiger partial charge in [0.15, 0.2) is 21.5 Å². The summed E-state index contributed by atoms with van der Waals surface area (Å²) in [4.78, 5) is 13.2. The maximum absolute atomic E-state index is 13.9. The summed E-state index contributed by atoms with van der Waals surface area (Å²) in [5.74, 6) is 1.22. The Morgan fingerprint density at radius 1 is 0.878 bits per heavy atom. The van der Waals surface area contributed by atoms with Crippen LogP contribution >= 0.6 is 0 Å². The number of pyridine rings is 1. The SMILES string of the molecule is COc1cccc(-c2nnc(CS(=O)(=O)[C@@H](C)[C@H](OC)c3ncc(C)nc3OC)n2-c2c(OC)cccc2OC)n1. The second-order valence-electron chi connectivity index (χ2n) is 8.93. The van der Waals surface area contributed by atoms with Crippen molar-refractivity contribution in [1.29, 1.82) is 0 Å². The molecule has 0 aliphatic heterocycles. The first kappa shape index (κ1) is 29.7. The molecule has 0 N–H and O–H groups in total. The molecule has 3 aromatic heterocycles. The van der Waals surface area contributed by atoms with E-state index < -0.39 is 26.9 Å². The molecular formula is C27H32N6O7S. The quantitative estimate of drug-likeness (QED) is 0.241. The maximum atomic E-state index is 13.9. The lowest BCUT2D eigenvalue weighted by molar-refractivity contribution is 0.0953. The van der Waals surface area contributed by atoms with Crippen LogP contribution in [0.3, 0.4) is 0 Å². The first-order valence-corrected chi connectivity index (χ1v) is 14.2. The molecule has 14 heteroatoms. The largest absolute Gasteiger partial charge is 0.494 e. The molecule has 1 aromatic carbocycles. The van der Waals surface area contributed by atoms with E-state index >= 15 is 0 Å². The lowest BCUT2D eigenvalue weighted by Gasteiger charge is -2.23. The second-order valence-corrected chi connectivity index (χ2v) is 11.3. The number of aromatic nitrogens is 6. The van der Waals surface area contributed by atoms with Crippen molar-refractivity contribution in [3.63, 3.8) is 0 Å². The number of ether oxygens (including phenoxy) is 5. The Morgan fingerprint density at radius 2 is 1.56 bits per heavy atom. The van der Waals surface area contributed by atoms with Gasteiger partial charge in [0.1, 0.15) is 40.4 Å².